The van der Waals surface area contributed by atoms with Crippen molar-refractivity contribution in [3.05, 3.63) is 40.9 Å². The number of hydrogen-bond donors (Lipinski definition) is 1. The minimum atomic E-state index is -0.880. The van der Waals surface area contributed by atoms with Gasteiger partial charge in [0.15, 0.2) is 0 Å². The number of piperazine rings is 1. The molecule has 1 N–H and O–H groups in total. The Kier molecular flexibility index (Phi) is 3.26. The zero-order valence-electron chi connectivity index (χ0n) is 13.2. The first-order valence-corrected chi connectivity index (χ1v) is 7.79. The van der Waals surface area contributed by atoms with Crippen molar-refractivity contribution >= 4 is 12.0 Å². The number of likely N-dealkylation sites (tertiary alicyclic amines) is 1. The molecule has 2 aromatic rings. The molecule has 2 aliphatic rings. The van der Waals surface area contributed by atoms with E-state index in [9.17, 15) is 14.7 Å². The molecule has 24 heavy (non-hydrogen) atoms. The smallest absolute Gasteiger partial charge is 0.407 e. The van der Waals surface area contributed by atoms with E-state index in [1.54, 1.807) is 19.4 Å². The van der Waals surface area contributed by atoms with Crippen LogP contribution >= 0.6 is 0 Å². The van der Waals surface area contributed by atoms with Gasteiger partial charge in [0.05, 0.1) is 17.8 Å². The fourth-order valence-electron chi connectivity index (χ4n) is 3.60. The number of carboxylic acid groups (broad SMARTS) is 1. The summed E-state index contributed by atoms with van der Waals surface area (Å²) in [7, 11) is 1.70. The number of hydrogen-bond acceptors (Lipinski definition) is 5. The molecule has 124 valence electrons. The second-order valence-electron chi connectivity index (χ2n) is 6.21. The third kappa shape index (κ3) is 2.22. The molecule has 1 amide bonds. The summed E-state index contributed by atoms with van der Waals surface area (Å²) in [6, 6.07) is 5.17. The maximum absolute atomic E-state index is 12.3. The molecule has 8 heteroatoms. The molecule has 0 aromatic carbocycles. The molecular weight excluding hydrogens is 310 g/mol. The lowest BCUT2D eigenvalue weighted by Gasteiger charge is -2.34. The van der Waals surface area contributed by atoms with Gasteiger partial charge in [0.1, 0.15) is 0 Å². The topological polar surface area (TPSA) is 91.6 Å². The number of rotatable bonds is 2. The Morgan fingerprint density at radius 2 is 2.00 bits per heavy atom. The number of anilines is 1. The Labute approximate surface area is 138 Å². The maximum atomic E-state index is 12.3. The fourth-order valence-corrected chi connectivity index (χ4v) is 3.60. The summed E-state index contributed by atoms with van der Waals surface area (Å²) in [5, 5.41) is 9.21. The third-order valence-corrected chi connectivity index (χ3v) is 4.83. The summed E-state index contributed by atoms with van der Waals surface area (Å²) >= 11 is 0. The number of nitrogens with zero attached hydrogens (tertiary/aromatic N) is 5. The molecule has 2 aromatic heterocycles. The van der Waals surface area contributed by atoms with Crippen molar-refractivity contribution in [3.8, 4) is 11.3 Å². The van der Waals surface area contributed by atoms with Crippen LogP contribution in [-0.4, -0.2) is 55.8 Å². The third-order valence-electron chi connectivity index (χ3n) is 4.83. The van der Waals surface area contributed by atoms with Crippen LogP contribution in [0.4, 0.5) is 10.7 Å². The van der Waals surface area contributed by atoms with E-state index in [-0.39, 0.29) is 17.6 Å². The van der Waals surface area contributed by atoms with Crippen molar-refractivity contribution < 1.29 is 9.90 Å². The maximum Gasteiger partial charge on any atom is 0.407 e. The molecule has 2 bridgehead atoms. The van der Waals surface area contributed by atoms with E-state index >= 15 is 0 Å². The van der Waals surface area contributed by atoms with E-state index < -0.39 is 6.09 Å². The Bertz CT molecular complexity index is 851. The van der Waals surface area contributed by atoms with Gasteiger partial charge in [-0.25, -0.2) is 9.78 Å². The Hall–Kier alpha value is -2.90. The molecule has 2 saturated heterocycles. The molecule has 0 radical (unpaired) electrons. The number of aromatic nitrogens is 3. The highest BCUT2D eigenvalue weighted by Crippen LogP contribution is 2.33. The summed E-state index contributed by atoms with van der Waals surface area (Å²) < 4.78 is 1.52. The fraction of sp³-hybridized carbons (Fsp3) is 0.375. The molecule has 2 fully saturated rings. The molecule has 2 aliphatic heterocycles. The van der Waals surface area contributed by atoms with E-state index in [1.807, 2.05) is 12.1 Å². The van der Waals surface area contributed by atoms with E-state index in [4.69, 9.17) is 0 Å². The van der Waals surface area contributed by atoms with Crippen LogP contribution in [-0.2, 0) is 7.05 Å². The van der Waals surface area contributed by atoms with Gasteiger partial charge >= 0.3 is 6.09 Å². The van der Waals surface area contributed by atoms with Crippen LogP contribution < -0.4 is 10.5 Å². The minimum Gasteiger partial charge on any atom is -0.465 e. The van der Waals surface area contributed by atoms with Gasteiger partial charge in [0.2, 0.25) is 5.95 Å². The quantitative estimate of drug-likeness (QED) is 0.876. The van der Waals surface area contributed by atoms with Gasteiger partial charge in [-0.15, -0.1) is 0 Å². The van der Waals surface area contributed by atoms with Crippen molar-refractivity contribution in [3.63, 3.8) is 0 Å². The number of pyridine rings is 1. The lowest BCUT2D eigenvalue weighted by atomic mass is 10.2. The van der Waals surface area contributed by atoms with Crippen LogP contribution in [0.25, 0.3) is 11.3 Å². The lowest BCUT2D eigenvalue weighted by Crippen LogP contribution is -2.49. The predicted octanol–water partition coefficient (Wildman–Crippen LogP) is 0.783. The summed E-state index contributed by atoms with van der Waals surface area (Å²) in [6.45, 7) is 1.02. The SMILES string of the molecule is Cn1c(N2C[C@@H]3CC2CN3C(=O)O)nc(-c2ccncc2)cc1=O. The lowest BCUT2D eigenvalue weighted by molar-refractivity contribution is 0.137. The average molecular weight is 327 g/mol. The second kappa shape index (κ2) is 5.33. The Balaban J connectivity index is 1.71. The summed E-state index contributed by atoms with van der Waals surface area (Å²) in [6.07, 6.45) is 3.23. The van der Waals surface area contributed by atoms with Crippen LogP contribution in [0.5, 0.6) is 0 Å². The molecule has 0 saturated carbocycles. The molecule has 4 rings (SSSR count). The van der Waals surface area contributed by atoms with Crippen molar-refractivity contribution in [2.75, 3.05) is 18.0 Å². The first-order chi connectivity index (χ1) is 11.5. The zero-order chi connectivity index (χ0) is 16.8. The van der Waals surface area contributed by atoms with Crippen LogP contribution in [0.15, 0.2) is 35.4 Å². The van der Waals surface area contributed by atoms with Crippen molar-refractivity contribution in [1.29, 1.82) is 0 Å². The summed E-state index contributed by atoms with van der Waals surface area (Å²) in [5.74, 6) is 0.590. The second-order valence-corrected chi connectivity index (χ2v) is 6.21. The van der Waals surface area contributed by atoms with Crippen molar-refractivity contribution in [2.45, 2.75) is 18.5 Å². The molecule has 0 aliphatic carbocycles. The number of amides is 1. The standard InChI is InChI=1S/C16H17N5O3/c1-19-14(22)7-13(10-2-4-17-5-3-10)18-15(19)20-8-12-6-11(20)9-21(12)16(23)24/h2-5,7,11-12H,6,8-9H2,1H3,(H,23,24)/t11?,12-/m0/s1. The van der Waals surface area contributed by atoms with Crippen molar-refractivity contribution in [2.24, 2.45) is 7.05 Å². The van der Waals surface area contributed by atoms with Crippen LogP contribution in [0.3, 0.4) is 0 Å². The average Bonchev–Trinajstić information content (AvgIpc) is 3.18. The molecule has 1 unspecified atom stereocenters. The highest BCUT2D eigenvalue weighted by atomic mass is 16.4. The molecular formula is C16H17N5O3. The van der Waals surface area contributed by atoms with Gasteiger partial charge in [0.25, 0.3) is 5.56 Å². The van der Waals surface area contributed by atoms with Gasteiger partial charge in [-0.1, -0.05) is 0 Å². The molecule has 0 spiro atoms. The van der Waals surface area contributed by atoms with Gasteiger partial charge in [-0.2, -0.15) is 0 Å². The Morgan fingerprint density at radius 3 is 2.62 bits per heavy atom. The van der Waals surface area contributed by atoms with Crippen LogP contribution in [0, 0.1) is 0 Å². The summed E-state index contributed by atoms with van der Waals surface area (Å²) in [5.41, 5.74) is 1.30. The van der Waals surface area contributed by atoms with Gasteiger partial charge < -0.3 is 14.9 Å². The van der Waals surface area contributed by atoms with E-state index in [0.29, 0.717) is 24.7 Å². The number of fused-ring (bicyclic) bond motifs is 2. The first-order valence-electron chi connectivity index (χ1n) is 7.79. The van der Waals surface area contributed by atoms with E-state index in [1.165, 1.54) is 15.5 Å². The zero-order valence-corrected chi connectivity index (χ0v) is 13.2. The van der Waals surface area contributed by atoms with Crippen LogP contribution in [0.2, 0.25) is 0 Å². The van der Waals surface area contributed by atoms with Gasteiger partial charge in [0, 0.05) is 44.2 Å². The Morgan fingerprint density at radius 1 is 1.25 bits per heavy atom. The summed E-state index contributed by atoms with van der Waals surface area (Å²) in [4.78, 5) is 35.8. The van der Waals surface area contributed by atoms with E-state index in [2.05, 4.69) is 14.9 Å². The number of carbonyl (C=O) groups is 1. The monoisotopic (exact) mass is 327 g/mol. The van der Waals surface area contributed by atoms with Crippen molar-refractivity contribution in [1.82, 2.24) is 19.4 Å². The normalized spacial score (nSPS) is 22.2. The molecule has 4 heterocycles. The first kappa shape index (κ1) is 14.7. The largest absolute Gasteiger partial charge is 0.465 e. The van der Waals surface area contributed by atoms with Gasteiger partial charge in [-0.3, -0.25) is 14.3 Å². The molecule has 8 nitrogen and oxygen atoms in total. The van der Waals surface area contributed by atoms with E-state index in [0.717, 1.165) is 12.0 Å². The highest BCUT2D eigenvalue weighted by Gasteiger charge is 2.46. The highest BCUT2D eigenvalue weighted by molar-refractivity contribution is 5.67. The van der Waals surface area contributed by atoms with Crippen LogP contribution in [0.1, 0.15) is 6.42 Å². The minimum absolute atomic E-state index is 0.0333. The molecule has 2 atom stereocenters. The van der Waals surface area contributed by atoms with Gasteiger partial charge in [-0.05, 0) is 18.6 Å². The predicted molar refractivity (Wildman–Crippen MR) is 87.0 cm³/mol.